The summed E-state index contributed by atoms with van der Waals surface area (Å²) in [6, 6.07) is 0.805. The number of nitrogens with one attached hydrogen (secondary N) is 1. The average molecular weight is 252 g/mol. The van der Waals surface area contributed by atoms with Crippen molar-refractivity contribution in [3.05, 3.63) is 0 Å². The average Bonchev–Trinajstić information content (AvgIpc) is 2.55. The second-order valence-corrected chi connectivity index (χ2v) is 7.09. The molecule has 0 saturated carbocycles. The molecule has 0 radical (unpaired) electrons. The van der Waals surface area contributed by atoms with Crippen molar-refractivity contribution in [2.75, 3.05) is 26.2 Å². The van der Waals surface area contributed by atoms with Gasteiger partial charge in [0.1, 0.15) is 0 Å². The minimum absolute atomic E-state index is 0.447. The van der Waals surface area contributed by atoms with Gasteiger partial charge in [0.25, 0.3) is 0 Å². The normalized spacial score (nSPS) is 34.2. The van der Waals surface area contributed by atoms with Gasteiger partial charge in [-0.2, -0.15) is 0 Å². The summed E-state index contributed by atoms with van der Waals surface area (Å²) in [5, 5.41) is 3.56. The van der Waals surface area contributed by atoms with E-state index in [1.165, 1.54) is 64.7 Å². The largest absolute Gasteiger partial charge is 0.316 e. The molecule has 2 unspecified atom stereocenters. The van der Waals surface area contributed by atoms with Crippen molar-refractivity contribution in [3.63, 3.8) is 0 Å². The van der Waals surface area contributed by atoms with E-state index in [1.54, 1.807) is 0 Å². The zero-order valence-electron chi connectivity index (χ0n) is 12.7. The highest BCUT2D eigenvalue weighted by molar-refractivity contribution is 4.92. The maximum atomic E-state index is 3.56. The van der Waals surface area contributed by atoms with E-state index in [-0.39, 0.29) is 0 Å². The minimum atomic E-state index is 0.447. The van der Waals surface area contributed by atoms with Crippen LogP contribution in [-0.4, -0.2) is 37.1 Å². The predicted molar refractivity (Wildman–Crippen MR) is 78.9 cm³/mol. The Morgan fingerprint density at radius 1 is 1.17 bits per heavy atom. The Kier molecular flexibility index (Phi) is 5.08. The van der Waals surface area contributed by atoms with Crippen LogP contribution in [-0.2, 0) is 0 Å². The molecule has 2 aliphatic rings. The molecule has 0 aliphatic carbocycles. The van der Waals surface area contributed by atoms with Crippen molar-refractivity contribution in [3.8, 4) is 0 Å². The molecule has 0 amide bonds. The summed E-state index contributed by atoms with van der Waals surface area (Å²) in [5.41, 5.74) is 0.447. The SMILES string of the molecule is CCCC1CCCN(C2CCNCC2(C)C)CC1. The topological polar surface area (TPSA) is 15.3 Å². The van der Waals surface area contributed by atoms with E-state index in [2.05, 4.69) is 31.0 Å². The Labute approximate surface area is 114 Å². The van der Waals surface area contributed by atoms with Gasteiger partial charge >= 0.3 is 0 Å². The summed E-state index contributed by atoms with van der Waals surface area (Å²) in [6.07, 6.45) is 8.48. The van der Waals surface area contributed by atoms with Crippen LogP contribution in [0.15, 0.2) is 0 Å². The lowest BCUT2D eigenvalue weighted by molar-refractivity contribution is 0.0612. The number of hydrogen-bond acceptors (Lipinski definition) is 2. The second kappa shape index (κ2) is 6.38. The molecule has 0 spiro atoms. The first-order valence-corrected chi connectivity index (χ1v) is 8.08. The number of likely N-dealkylation sites (tertiary alicyclic amines) is 1. The van der Waals surface area contributed by atoms with Crippen molar-refractivity contribution in [1.82, 2.24) is 10.2 Å². The molecule has 18 heavy (non-hydrogen) atoms. The van der Waals surface area contributed by atoms with E-state index in [1.807, 2.05) is 0 Å². The van der Waals surface area contributed by atoms with E-state index in [9.17, 15) is 0 Å². The molecule has 2 nitrogen and oxygen atoms in total. The number of nitrogens with zero attached hydrogens (tertiary/aromatic N) is 1. The van der Waals surface area contributed by atoms with Crippen LogP contribution in [0.4, 0.5) is 0 Å². The van der Waals surface area contributed by atoms with Crippen LogP contribution in [0.25, 0.3) is 0 Å². The highest BCUT2D eigenvalue weighted by Gasteiger charge is 2.36. The van der Waals surface area contributed by atoms with Crippen molar-refractivity contribution < 1.29 is 0 Å². The Morgan fingerprint density at radius 2 is 2.00 bits per heavy atom. The lowest BCUT2D eigenvalue weighted by Crippen LogP contribution is -2.54. The van der Waals surface area contributed by atoms with Crippen molar-refractivity contribution in [2.45, 2.75) is 65.3 Å². The van der Waals surface area contributed by atoms with Crippen LogP contribution in [0.3, 0.4) is 0 Å². The van der Waals surface area contributed by atoms with Gasteiger partial charge in [-0.05, 0) is 56.7 Å². The van der Waals surface area contributed by atoms with Gasteiger partial charge < -0.3 is 5.32 Å². The van der Waals surface area contributed by atoms with Crippen LogP contribution in [0.1, 0.15) is 59.3 Å². The molecule has 0 aromatic carbocycles. The van der Waals surface area contributed by atoms with E-state index >= 15 is 0 Å². The van der Waals surface area contributed by atoms with Gasteiger partial charge in [0, 0.05) is 12.6 Å². The molecular weight excluding hydrogens is 220 g/mol. The summed E-state index contributed by atoms with van der Waals surface area (Å²) in [4.78, 5) is 2.82. The van der Waals surface area contributed by atoms with E-state index < -0.39 is 0 Å². The number of rotatable bonds is 3. The van der Waals surface area contributed by atoms with E-state index in [4.69, 9.17) is 0 Å². The molecule has 2 heteroatoms. The molecule has 2 fully saturated rings. The van der Waals surface area contributed by atoms with Crippen molar-refractivity contribution >= 4 is 0 Å². The molecule has 2 atom stereocenters. The molecule has 2 saturated heterocycles. The van der Waals surface area contributed by atoms with Crippen LogP contribution < -0.4 is 5.32 Å². The van der Waals surface area contributed by atoms with Crippen molar-refractivity contribution in [1.29, 1.82) is 0 Å². The van der Waals surface area contributed by atoms with Crippen LogP contribution in [0.2, 0.25) is 0 Å². The van der Waals surface area contributed by atoms with Gasteiger partial charge in [0.2, 0.25) is 0 Å². The Morgan fingerprint density at radius 3 is 2.72 bits per heavy atom. The predicted octanol–water partition coefficient (Wildman–Crippen LogP) is 3.28. The fraction of sp³-hybridized carbons (Fsp3) is 1.00. The van der Waals surface area contributed by atoms with Gasteiger partial charge in [-0.3, -0.25) is 4.90 Å². The molecular formula is C16H32N2. The third kappa shape index (κ3) is 3.48. The van der Waals surface area contributed by atoms with Gasteiger partial charge in [-0.15, -0.1) is 0 Å². The van der Waals surface area contributed by atoms with Gasteiger partial charge in [0.05, 0.1) is 0 Å². The molecule has 1 N–H and O–H groups in total. The number of hydrogen-bond donors (Lipinski definition) is 1. The first-order chi connectivity index (χ1) is 8.63. The van der Waals surface area contributed by atoms with Crippen LogP contribution in [0.5, 0.6) is 0 Å². The lowest BCUT2D eigenvalue weighted by Gasteiger charge is -2.45. The Balaban J connectivity index is 1.92. The lowest BCUT2D eigenvalue weighted by atomic mass is 9.79. The van der Waals surface area contributed by atoms with Crippen LogP contribution >= 0.6 is 0 Å². The third-order valence-electron chi connectivity index (χ3n) is 5.10. The molecule has 106 valence electrons. The number of piperidine rings is 1. The maximum Gasteiger partial charge on any atom is 0.0171 e. The van der Waals surface area contributed by atoms with Gasteiger partial charge in [-0.25, -0.2) is 0 Å². The second-order valence-electron chi connectivity index (χ2n) is 7.09. The summed E-state index contributed by atoms with van der Waals surface area (Å²) in [7, 11) is 0. The van der Waals surface area contributed by atoms with Gasteiger partial charge in [-0.1, -0.05) is 33.6 Å². The summed E-state index contributed by atoms with van der Waals surface area (Å²) < 4.78 is 0. The standard InChI is InChI=1S/C16H32N2/c1-4-6-14-7-5-11-18(12-9-14)15-8-10-17-13-16(15,2)3/h14-15,17H,4-13H2,1-3H3. The molecule has 2 aliphatic heterocycles. The fourth-order valence-corrected chi connectivity index (χ4v) is 4.03. The summed E-state index contributed by atoms with van der Waals surface area (Å²) in [6.45, 7) is 12.3. The first-order valence-electron chi connectivity index (χ1n) is 8.08. The summed E-state index contributed by atoms with van der Waals surface area (Å²) >= 11 is 0. The van der Waals surface area contributed by atoms with E-state index in [0.29, 0.717) is 5.41 Å². The molecule has 2 rings (SSSR count). The molecule has 0 aromatic heterocycles. The molecule has 0 aromatic rings. The Bertz CT molecular complexity index is 249. The fourth-order valence-electron chi connectivity index (χ4n) is 4.03. The molecule has 0 bridgehead atoms. The highest BCUT2D eigenvalue weighted by Crippen LogP contribution is 2.32. The smallest absolute Gasteiger partial charge is 0.0171 e. The zero-order valence-corrected chi connectivity index (χ0v) is 12.7. The summed E-state index contributed by atoms with van der Waals surface area (Å²) in [5.74, 6) is 1.00. The zero-order chi connectivity index (χ0) is 13.0. The first kappa shape index (κ1) is 14.3. The maximum absolute atomic E-state index is 3.56. The van der Waals surface area contributed by atoms with Crippen LogP contribution in [0, 0.1) is 11.3 Å². The van der Waals surface area contributed by atoms with Gasteiger partial charge in [0.15, 0.2) is 0 Å². The van der Waals surface area contributed by atoms with Crippen molar-refractivity contribution in [2.24, 2.45) is 11.3 Å². The molecule has 2 heterocycles. The Hall–Kier alpha value is -0.0800. The third-order valence-corrected chi connectivity index (χ3v) is 5.10. The minimum Gasteiger partial charge on any atom is -0.316 e. The monoisotopic (exact) mass is 252 g/mol. The highest BCUT2D eigenvalue weighted by atomic mass is 15.2. The quantitative estimate of drug-likeness (QED) is 0.829. The van der Waals surface area contributed by atoms with E-state index in [0.717, 1.165) is 12.0 Å².